The van der Waals surface area contributed by atoms with Gasteiger partial charge in [-0.15, -0.1) is 11.8 Å². The molecule has 1 aromatic rings. The Labute approximate surface area is 117 Å². The third-order valence-corrected chi connectivity index (χ3v) is 3.96. The van der Waals surface area contributed by atoms with E-state index >= 15 is 0 Å². The first-order chi connectivity index (χ1) is 9.10. The molecule has 1 rings (SSSR count). The third kappa shape index (κ3) is 4.72. The van der Waals surface area contributed by atoms with Gasteiger partial charge in [0, 0.05) is 18.9 Å². The van der Waals surface area contributed by atoms with Crippen molar-refractivity contribution in [2.75, 3.05) is 24.2 Å². The monoisotopic (exact) mass is 284 g/mol. The van der Waals surface area contributed by atoms with Crippen LogP contribution in [0.1, 0.15) is 20.3 Å². The Kier molecular flexibility index (Phi) is 6.66. The summed E-state index contributed by atoms with van der Waals surface area (Å²) in [6.45, 7) is 4.73. The number of nitrogens with zero attached hydrogens (tertiary/aromatic N) is 1. The number of nitro benzene ring substituents is 1. The van der Waals surface area contributed by atoms with E-state index in [4.69, 9.17) is 5.11 Å². The van der Waals surface area contributed by atoms with Gasteiger partial charge < -0.3 is 10.4 Å². The van der Waals surface area contributed by atoms with Crippen LogP contribution >= 0.6 is 11.8 Å². The molecule has 0 aliphatic rings. The number of para-hydroxylation sites is 1. The van der Waals surface area contributed by atoms with Crippen molar-refractivity contribution in [1.82, 2.24) is 0 Å². The Hall–Kier alpha value is -1.27. The Balaban J connectivity index is 2.92. The summed E-state index contributed by atoms with van der Waals surface area (Å²) < 4.78 is 0. The number of thioether (sulfide) groups is 1. The summed E-state index contributed by atoms with van der Waals surface area (Å²) in [7, 11) is 0. The standard InChI is InChI=1S/C13H20N2O3S/c1-3-7-14-11-5-4-6-12(13(11)15(17)18)19-9-10(2)8-16/h4-6,10,14,16H,3,7-9H2,1-2H3. The second-order valence-electron chi connectivity index (χ2n) is 4.43. The summed E-state index contributed by atoms with van der Waals surface area (Å²) in [6, 6.07) is 5.30. The molecule has 106 valence electrons. The molecule has 0 bridgehead atoms. The summed E-state index contributed by atoms with van der Waals surface area (Å²) in [6.07, 6.45) is 0.913. The smallest absolute Gasteiger partial charge is 0.305 e. The van der Waals surface area contributed by atoms with Crippen molar-refractivity contribution in [1.29, 1.82) is 0 Å². The van der Waals surface area contributed by atoms with Crippen LogP contribution in [0.3, 0.4) is 0 Å². The van der Waals surface area contributed by atoms with Crippen LogP contribution in [0.5, 0.6) is 0 Å². The van der Waals surface area contributed by atoms with Crippen molar-refractivity contribution in [2.24, 2.45) is 5.92 Å². The average Bonchev–Trinajstić information content (AvgIpc) is 2.41. The molecule has 0 radical (unpaired) electrons. The van der Waals surface area contributed by atoms with Gasteiger partial charge in [0.15, 0.2) is 0 Å². The predicted octanol–water partition coefficient (Wildman–Crippen LogP) is 3.14. The predicted molar refractivity (Wildman–Crippen MR) is 78.9 cm³/mol. The van der Waals surface area contributed by atoms with Gasteiger partial charge in [-0.3, -0.25) is 10.1 Å². The number of hydrogen-bond acceptors (Lipinski definition) is 5. The van der Waals surface area contributed by atoms with E-state index in [1.165, 1.54) is 11.8 Å². The SMILES string of the molecule is CCCNc1cccc(SCC(C)CO)c1[N+](=O)[O-]. The summed E-state index contributed by atoms with van der Waals surface area (Å²) in [5.74, 6) is 0.783. The molecule has 0 saturated carbocycles. The first-order valence-electron chi connectivity index (χ1n) is 6.35. The molecular weight excluding hydrogens is 264 g/mol. The highest BCUT2D eigenvalue weighted by Crippen LogP contribution is 2.36. The molecule has 5 nitrogen and oxygen atoms in total. The summed E-state index contributed by atoms with van der Waals surface area (Å²) >= 11 is 1.41. The molecular formula is C13H20N2O3S. The highest BCUT2D eigenvalue weighted by Gasteiger charge is 2.20. The van der Waals surface area contributed by atoms with Gasteiger partial charge in [-0.1, -0.05) is 19.9 Å². The topological polar surface area (TPSA) is 75.4 Å². The fraction of sp³-hybridized carbons (Fsp3) is 0.538. The molecule has 1 unspecified atom stereocenters. The van der Waals surface area contributed by atoms with Crippen LogP contribution in [0.4, 0.5) is 11.4 Å². The van der Waals surface area contributed by atoms with Crippen LogP contribution in [0, 0.1) is 16.0 Å². The van der Waals surface area contributed by atoms with Crippen LogP contribution < -0.4 is 5.32 Å². The lowest BCUT2D eigenvalue weighted by atomic mass is 10.2. The van der Waals surface area contributed by atoms with Gasteiger partial charge in [0.05, 0.1) is 9.82 Å². The fourth-order valence-corrected chi connectivity index (χ4v) is 2.58. The van der Waals surface area contributed by atoms with Crippen molar-refractivity contribution >= 4 is 23.1 Å². The molecule has 0 aliphatic heterocycles. The maximum atomic E-state index is 11.2. The fourth-order valence-electron chi connectivity index (χ4n) is 1.51. The van der Waals surface area contributed by atoms with Gasteiger partial charge in [-0.2, -0.15) is 0 Å². The molecule has 0 amide bonds. The van der Waals surface area contributed by atoms with Crippen molar-refractivity contribution in [3.8, 4) is 0 Å². The van der Waals surface area contributed by atoms with Crippen molar-refractivity contribution in [3.63, 3.8) is 0 Å². The van der Waals surface area contributed by atoms with Crippen molar-refractivity contribution < 1.29 is 10.0 Å². The van der Waals surface area contributed by atoms with Crippen LogP contribution in [0.25, 0.3) is 0 Å². The molecule has 0 aromatic heterocycles. The lowest BCUT2D eigenvalue weighted by molar-refractivity contribution is -0.386. The highest BCUT2D eigenvalue weighted by atomic mass is 32.2. The van der Waals surface area contributed by atoms with Crippen LogP contribution in [-0.4, -0.2) is 28.9 Å². The van der Waals surface area contributed by atoms with Crippen LogP contribution in [0.15, 0.2) is 23.1 Å². The number of rotatable bonds is 8. The van der Waals surface area contributed by atoms with Gasteiger partial charge in [-0.25, -0.2) is 0 Å². The summed E-state index contributed by atoms with van der Waals surface area (Å²) in [5.41, 5.74) is 0.694. The Morgan fingerprint density at radius 2 is 2.26 bits per heavy atom. The van der Waals surface area contributed by atoms with Crippen LogP contribution in [0.2, 0.25) is 0 Å². The molecule has 0 spiro atoms. The zero-order valence-corrected chi connectivity index (χ0v) is 12.1. The number of benzene rings is 1. The minimum atomic E-state index is -0.343. The normalized spacial score (nSPS) is 12.2. The summed E-state index contributed by atoms with van der Waals surface area (Å²) in [4.78, 5) is 11.5. The van der Waals surface area contributed by atoms with E-state index in [1.807, 2.05) is 19.9 Å². The molecule has 0 heterocycles. The second-order valence-corrected chi connectivity index (χ2v) is 5.50. The Morgan fingerprint density at radius 3 is 2.84 bits per heavy atom. The molecule has 6 heteroatoms. The number of nitrogens with one attached hydrogen (secondary N) is 1. The van der Waals surface area contributed by atoms with E-state index in [9.17, 15) is 10.1 Å². The number of anilines is 1. The first kappa shape index (κ1) is 15.8. The largest absolute Gasteiger partial charge is 0.396 e. The van der Waals surface area contributed by atoms with E-state index in [2.05, 4.69) is 5.32 Å². The van der Waals surface area contributed by atoms with E-state index in [0.29, 0.717) is 22.9 Å². The van der Waals surface area contributed by atoms with E-state index < -0.39 is 0 Å². The first-order valence-corrected chi connectivity index (χ1v) is 7.33. The van der Waals surface area contributed by atoms with Gasteiger partial charge >= 0.3 is 5.69 Å². The second kappa shape index (κ2) is 8.01. The van der Waals surface area contributed by atoms with Gasteiger partial charge in [0.25, 0.3) is 0 Å². The molecule has 1 aromatic carbocycles. The minimum Gasteiger partial charge on any atom is -0.396 e. The maximum Gasteiger partial charge on any atom is 0.305 e. The van der Waals surface area contributed by atoms with Gasteiger partial charge in [0.1, 0.15) is 5.69 Å². The van der Waals surface area contributed by atoms with E-state index in [1.54, 1.807) is 12.1 Å². The summed E-state index contributed by atoms with van der Waals surface area (Å²) in [5, 5.41) is 23.3. The number of aliphatic hydroxyl groups excluding tert-OH is 1. The van der Waals surface area contributed by atoms with Crippen LogP contribution in [-0.2, 0) is 0 Å². The van der Waals surface area contributed by atoms with Gasteiger partial charge in [-0.05, 0) is 24.5 Å². The number of nitro groups is 1. The molecule has 1 atom stereocenters. The molecule has 0 saturated heterocycles. The lowest BCUT2D eigenvalue weighted by Crippen LogP contribution is -2.06. The highest BCUT2D eigenvalue weighted by molar-refractivity contribution is 7.99. The maximum absolute atomic E-state index is 11.2. The lowest BCUT2D eigenvalue weighted by Gasteiger charge is -2.11. The average molecular weight is 284 g/mol. The Bertz CT molecular complexity index is 426. The minimum absolute atomic E-state index is 0.0918. The quantitative estimate of drug-likeness (QED) is 0.436. The van der Waals surface area contributed by atoms with E-state index in [-0.39, 0.29) is 23.1 Å². The third-order valence-electron chi connectivity index (χ3n) is 2.58. The number of hydrogen-bond donors (Lipinski definition) is 2. The van der Waals surface area contributed by atoms with Crippen molar-refractivity contribution in [3.05, 3.63) is 28.3 Å². The number of aliphatic hydroxyl groups is 1. The van der Waals surface area contributed by atoms with Gasteiger partial charge in [0.2, 0.25) is 0 Å². The molecule has 0 fully saturated rings. The van der Waals surface area contributed by atoms with E-state index in [0.717, 1.165) is 6.42 Å². The van der Waals surface area contributed by atoms with Crippen molar-refractivity contribution in [2.45, 2.75) is 25.2 Å². The Morgan fingerprint density at radius 1 is 1.53 bits per heavy atom. The molecule has 19 heavy (non-hydrogen) atoms. The molecule has 0 aliphatic carbocycles. The zero-order valence-electron chi connectivity index (χ0n) is 11.3. The zero-order chi connectivity index (χ0) is 14.3. The molecule has 2 N–H and O–H groups in total.